The van der Waals surface area contributed by atoms with Crippen molar-refractivity contribution in [2.75, 3.05) is 43.7 Å². The van der Waals surface area contributed by atoms with E-state index in [0.717, 1.165) is 17.5 Å². The van der Waals surface area contributed by atoms with Crippen LogP contribution in [0.4, 0.5) is 34.0 Å². The lowest BCUT2D eigenvalue weighted by Gasteiger charge is -2.39. The molecule has 0 saturated carbocycles. The summed E-state index contributed by atoms with van der Waals surface area (Å²) >= 11 is 6.73. The van der Waals surface area contributed by atoms with Crippen LogP contribution in [0.15, 0.2) is 67.0 Å². The SMILES string of the molecule is COc1ccc(CN(Cc2ccc(OC)cc2)c2cc(C)c(C(F)(F)F)c(-c3c(Cl)cc4c(N5CCN(C(=O)O)C[C@H]5C)ncnc4c3F)n2)cc1. The zero-order chi connectivity index (χ0) is 37.3. The van der Waals surface area contributed by atoms with Crippen molar-refractivity contribution in [2.45, 2.75) is 39.2 Å². The third-order valence-corrected chi connectivity index (χ3v) is 9.38. The molecule has 0 unspecified atom stereocenters. The molecule has 272 valence electrons. The van der Waals surface area contributed by atoms with Gasteiger partial charge in [-0.1, -0.05) is 35.9 Å². The fourth-order valence-electron chi connectivity index (χ4n) is 6.48. The number of ether oxygens (including phenoxy) is 2. The molecule has 52 heavy (non-hydrogen) atoms. The fourth-order valence-corrected chi connectivity index (χ4v) is 6.77. The van der Waals surface area contributed by atoms with E-state index >= 15 is 4.39 Å². The van der Waals surface area contributed by atoms with Gasteiger partial charge < -0.3 is 29.3 Å². The standard InChI is InChI=1S/C37H35ClF4N6O4/c1-21-15-29(47(18-23-5-9-25(51-3)10-6-23)19-24-7-11-26(52-4)12-8-24)45-34(31(21)37(40,41)42)30-28(38)16-27-33(32(30)39)43-20-44-35(27)48-14-13-46(36(49)50)17-22(48)2/h5-12,15-16,20,22H,13-14,17-19H2,1-4H3,(H,49,50)/t22-/m1/s1. The van der Waals surface area contributed by atoms with Crippen LogP contribution >= 0.6 is 11.6 Å². The molecular formula is C37H35ClF4N6O4. The molecule has 1 fully saturated rings. The number of amides is 1. The molecule has 1 N–H and O–H groups in total. The highest BCUT2D eigenvalue weighted by molar-refractivity contribution is 6.34. The average molecular weight is 739 g/mol. The smallest absolute Gasteiger partial charge is 0.418 e. The zero-order valence-electron chi connectivity index (χ0n) is 28.7. The molecular weight excluding hydrogens is 704 g/mol. The number of halogens is 5. The van der Waals surface area contributed by atoms with Gasteiger partial charge in [-0.15, -0.1) is 0 Å². The number of carbonyl (C=O) groups is 1. The molecule has 6 rings (SSSR count). The predicted octanol–water partition coefficient (Wildman–Crippen LogP) is 8.22. The van der Waals surface area contributed by atoms with Crippen molar-refractivity contribution in [3.8, 4) is 22.8 Å². The maximum atomic E-state index is 16.8. The second kappa shape index (κ2) is 14.7. The minimum Gasteiger partial charge on any atom is -0.497 e. The van der Waals surface area contributed by atoms with Gasteiger partial charge in [-0.2, -0.15) is 13.2 Å². The molecule has 1 atom stereocenters. The highest BCUT2D eigenvalue weighted by Crippen LogP contribution is 2.45. The lowest BCUT2D eigenvalue weighted by molar-refractivity contribution is -0.137. The predicted molar refractivity (Wildman–Crippen MR) is 190 cm³/mol. The molecule has 0 radical (unpaired) electrons. The summed E-state index contributed by atoms with van der Waals surface area (Å²) < 4.78 is 71.9. The number of aryl methyl sites for hydroxylation is 1. The van der Waals surface area contributed by atoms with Gasteiger partial charge in [0.2, 0.25) is 0 Å². The van der Waals surface area contributed by atoms with E-state index < -0.39 is 34.9 Å². The van der Waals surface area contributed by atoms with Gasteiger partial charge in [-0.05, 0) is 66.9 Å². The Hall–Kier alpha value is -5.37. The second-order valence-corrected chi connectivity index (χ2v) is 12.9. The molecule has 2 aromatic heterocycles. The van der Waals surface area contributed by atoms with Crippen LogP contribution in [0.3, 0.4) is 0 Å². The van der Waals surface area contributed by atoms with Gasteiger partial charge in [0.15, 0.2) is 5.82 Å². The van der Waals surface area contributed by atoms with Gasteiger partial charge >= 0.3 is 12.3 Å². The number of piperazine rings is 1. The Kier molecular flexibility index (Phi) is 10.3. The second-order valence-electron chi connectivity index (χ2n) is 12.5. The monoisotopic (exact) mass is 738 g/mol. The minimum atomic E-state index is -4.91. The van der Waals surface area contributed by atoms with Crippen LogP contribution in [-0.4, -0.2) is 70.9 Å². The van der Waals surface area contributed by atoms with E-state index in [1.807, 2.05) is 24.3 Å². The van der Waals surface area contributed by atoms with Gasteiger partial charge in [0.25, 0.3) is 0 Å². The lowest BCUT2D eigenvalue weighted by Crippen LogP contribution is -2.53. The molecule has 3 aromatic carbocycles. The minimum absolute atomic E-state index is 0.163. The number of nitrogens with zero attached hydrogens (tertiary/aromatic N) is 6. The summed E-state index contributed by atoms with van der Waals surface area (Å²) in [6.45, 7) is 4.18. The van der Waals surface area contributed by atoms with E-state index in [0.29, 0.717) is 11.5 Å². The van der Waals surface area contributed by atoms with Crippen LogP contribution in [0.1, 0.15) is 29.2 Å². The summed E-state index contributed by atoms with van der Waals surface area (Å²) in [6, 6.07) is 16.8. The molecule has 1 aliphatic heterocycles. The number of hydrogen-bond donors (Lipinski definition) is 1. The van der Waals surface area contributed by atoms with Crippen molar-refractivity contribution in [3.63, 3.8) is 0 Å². The summed E-state index contributed by atoms with van der Waals surface area (Å²) in [5.74, 6) is 0.641. The van der Waals surface area contributed by atoms with E-state index in [1.165, 1.54) is 24.0 Å². The van der Waals surface area contributed by atoms with Crippen LogP contribution < -0.4 is 19.3 Å². The highest BCUT2D eigenvalue weighted by atomic mass is 35.5. The number of carboxylic acid groups (broad SMARTS) is 1. The number of benzene rings is 3. The van der Waals surface area contributed by atoms with Crippen molar-refractivity contribution in [3.05, 3.63) is 100 Å². The topological polar surface area (TPSA) is 104 Å². The van der Waals surface area contributed by atoms with Crippen LogP contribution in [0.2, 0.25) is 5.02 Å². The number of methoxy groups -OCH3 is 2. The van der Waals surface area contributed by atoms with Gasteiger partial charge in [-0.25, -0.2) is 24.1 Å². The van der Waals surface area contributed by atoms with Gasteiger partial charge in [0.05, 0.1) is 36.1 Å². The van der Waals surface area contributed by atoms with E-state index in [-0.39, 0.29) is 71.9 Å². The number of fused-ring (bicyclic) bond motifs is 1. The van der Waals surface area contributed by atoms with Crippen molar-refractivity contribution in [1.29, 1.82) is 0 Å². The summed E-state index contributed by atoms with van der Waals surface area (Å²) in [4.78, 5) is 29.4. The third-order valence-electron chi connectivity index (χ3n) is 9.08. The van der Waals surface area contributed by atoms with Crippen molar-refractivity contribution in [2.24, 2.45) is 0 Å². The maximum Gasteiger partial charge on any atom is 0.418 e. The van der Waals surface area contributed by atoms with Crippen molar-refractivity contribution < 1.29 is 36.9 Å². The molecule has 0 bridgehead atoms. The zero-order valence-corrected chi connectivity index (χ0v) is 29.5. The van der Waals surface area contributed by atoms with Crippen LogP contribution in [0.25, 0.3) is 22.2 Å². The number of alkyl halides is 3. The van der Waals surface area contributed by atoms with E-state index in [1.54, 1.807) is 55.2 Å². The highest BCUT2D eigenvalue weighted by Gasteiger charge is 2.39. The summed E-state index contributed by atoms with van der Waals surface area (Å²) in [7, 11) is 3.10. The average Bonchev–Trinajstić information content (AvgIpc) is 3.11. The number of pyridine rings is 1. The fraction of sp³-hybridized carbons (Fsp3) is 0.297. The van der Waals surface area contributed by atoms with Gasteiger partial charge in [-0.3, -0.25) is 0 Å². The lowest BCUT2D eigenvalue weighted by atomic mass is 9.98. The first-order chi connectivity index (χ1) is 24.8. The van der Waals surface area contributed by atoms with E-state index in [2.05, 4.69) is 15.0 Å². The maximum absolute atomic E-state index is 16.8. The number of anilines is 2. The summed E-state index contributed by atoms with van der Waals surface area (Å²) in [6.07, 6.45) is -4.85. The molecule has 1 aliphatic rings. The number of aromatic nitrogens is 3. The number of hydrogen-bond acceptors (Lipinski definition) is 8. The first kappa shape index (κ1) is 36.4. The first-order valence-corrected chi connectivity index (χ1v) is 16.6. The molecule has 10 nitrogen and oxygen atoms in total. The van der Waals surface area contributed by atoms with Crippen LogP contribution in [0, 0.1) is 12.7 Å². The summed E-state index contributed by atoms with van der Waals surface area (Å²) in [5, 5.41) is 9.31. The van der Waals surface area contributed by atoms with E-state index in [4.69, 9.17) is 21.1 Å². The quantitative estimate of drug-likeness (QED) is 0.150. The molecule has 0 aliphatic carbocycles. The Labute approximate surface area is 302 Å². The molecule has 0 spiro atoms. The Morgan fingerprint density at radius 3 is 2.10 bits per heavy atom. The molecule has 3 heterocycles. The van der Waals surface area contributed by atoms with Gasteiger partial charge in [0, 0.05) is 44.2 Å². The van der Waals surface area contributed by atoms with Crippen molar-refractivity contribution in [1.82, 2.24) is 19.9 Å². The summed E-state index contributed by atoms with van der Waals surface area (Å²) in [5.41, 5.74) is -1.12. The van der Waals surface area contributed by atoms with Crippen LogP contribution in [-0.2, 0) is 19.3 Å². The van der Waals surface area contributed by atoms with Crippen LogP contribution in [0.5, 0.6) is 11.5 Å². The molecule has 1 amide bonds. The third kappa shape index (κ3) is 7.33. The van der Waals surface area contributed by atoms with Crippen molar-refractivity contribution >= 4 is 40.2 Å². The van der Waals surface area contributed by atoms with Gasteiger partial charge in [0.1, 0.15) is 35.0 Å². The molecule has 1 saturated heterocycles. The van der Waals surface area contributed by atoms with E-state index in [9.17, 15) is 23.1 Å². The normalized spacial score (nSPS) is 14.8. The molecule has 5 aromatic rings. The Balaban J connectivity index is 1.49. The number of rotatable bonds is 9. The largest absolute Gasteiger partial charge is 0.497 e. The Bertz CT molecular complexity index is 2050. The molecule has 15 heteroatoms. The first-order valence-electron chi connectivity index (χ1n) is 16.3. The Morgan fingerprint density at radius 1 is 0.981 bits per heavy atom. The Morgan fingerprint density at radius 2 is 1.58 bits per heavy atom.